The second-order valence-electron chi connectivity index (χ2n) is 9.20. The van der Waals surface area contributed by atoms with Gasteiger partial charge >= 0.3 is 5.97 Å². The van der Waals surface area contributed by atoms with E-state index in [0.717, 1.165) is 37.7 Å². The second-order valence-corrected chi connectivity index (χ2v) is 9.20. The van der Waals surface area contributed by atoms with Crippen LogP contribution < -0.4 is 0 Å². The summed E-state index contributed by atoms with van der Waals surface area (Å²) in [6, 6.07) is 0. The number of carbonyl (C=O) groups is 1. The molecule has 5 aliphatic rings. The molecule has 0 aromatic rings. The lowest BCUT2D eigenvalue weighted by Gasteiger charge is -2.59. The summed E-state index contributed by atoms with van der Waals surface area (Å²) in [5.74, 6) is 0.654. The predicted molar refractivity (Wildman–Crippen MR) is 89.5 cm³/mol. The van der Waals surface area contributed by atoms with Gasteiger partial charge in [-0.05, 0) is 49.0 Å². The molecule has 5 nitrogen and oxygen atoms in total. The highest BCUT2D eigenvalue weighted by Gasteiger charge is 2.67. The molecule has 3 aliphatic carbocycles. The summed E-state index contributed by atoms with van der Waals surface area (Å²) in [4.78, 5) is 11.7. The van der Waals surface area contributed by atoms with Crippen LogP contribution in [0.25, 0.3) is 0 Å². The summed E-state index contributed by atoms with van der Waals surface area (Å²) in [5.41, 5.74) is 0.688. The summed E-state index contributed by atoms with van der Waals surface area (Å²) in [5, 5.41) is 10.8. The van der Waals surface area contributed by atoms with Crippen LogP contribution in [0, 0.1) is 28.6 Å². The van der Waals surface area contributed by atoms with Crippen molar-refractivity contribution in [3.63, 3.8) is 0 Å². The molecule has 25 heavy (non-hydrogen) atoms. The largest absolute Gasteiger partial charge is 0.462 e. The van der Waals surface area contributed by atoms with E-state index >= 15 is 0 Å². The minimum Gasteiger partial charge on any atom is -0.462 e. The van der Waals surface area contributed by atoms with Crippen molar-refractivity contribution in [3.05, 3.63) is 11.6 Å². The van der Waals surface area contributed by atoms with E-state index < -0.39 is 11.9 Å². The Kier molecular flexibility index (Phi) is 3.31. The van der Waals surface area contributed by atoms with Crippen molar-refractivity contribution in [2.45, 2.75) is 57.8 Å². The molecule has 1 spiro atoms. The molecule has 6 atom stereocenters. The van der Waals surface area contributed by atoms with Crippen molar-refractivity contribution in [2.24, 2.45) is 28.6 Å². The Balaban J connectivity index is 1.52. The highest BCUT2D eigenvalue weighted by Crippen LogP contribution is 2.68. The molecule has 1 N–H and O–H groups in total. The van der Waals surface area contributed by atoms with Gasteiger partial charge in [-0.2, -0.15) is 0 Å². The summed E-state index contributed by atoms with van der Waals surface area (Å²) in [7, 11) is 0. The van der Waals surface area contributed by atoms with Crippen molar-refractivity contribution in [2.75, 3.05) is 19.8 Å². The highest BCUT2D eigenvalue weighted by atomic mass is 16.7. The van der Waals surface area contributed by atoms with Crippen LogP contribution in [0.1, 0.15) is 46.0 Å². The first-order valence-electron chi connectivity index (χ1n) is 9.74. The molecule has 1 saturated heterocycles. The number of esters is 1. The topological polar surface area (TPSA) is 65.0 Å². The summed E-state index contributed by atoms with van der Waals surface area (Å²) in [6.45, 7) is 6.31. The Bertz CT molecular complexity index is 636. The van der Waals surface area contributed by atoms with Gasteiger partial charge in [0.1, 0.15) is 6.61 Å². The average molecular weight is 348 g/mol. The van der Waals surface area contributed by atoms with Crippen molar-refractivity contribution >= 4 is 5.97 Å². The number of hydrogen-bond donors (Lipinski definition) is 1. The Morgan fingerprint density at radius 3 is 2.60 bits per heavy atom. The van der Waals surface area contributed by atoms with Crippen LogP contribution in [0.5, 0.6) is 0 Å². The van der Waals surface area contributed by atoms with E-state index in [9.17, 15) is 9.90 Å². The zero-order valence-electron chi connectivity index (χ0n) is 15.1. The monoisotopic (exact) mass is 348 g/mol. The normalized spacial score (nSPS) is 50.7. The average Bonchev–Trinajstić information content (AvgIpc) is 3.17. The number of rotatable bonds is 0. The number of fused-ring (bicyclic) bond motifs is 6. The third kappa shape index (κ3) is 1.92. The maximum absolute atomic E-state index is 11.7. The SMILES string of the molecule is C[C@]12COC(=O)C=C1[C@@H](O)C[C@@H]1[C@@H]2CC[C@@]2(C)[C@H]1CCC21OCCO1. The lowest BCUT2D eigenvalue weighted by molar-refractivity contribution is -0.245. The third-order valence-electron chi connectivity index (χ3n) is 8.35. The van der Waals surface area contributed by atoms with E-state index in [1.165, 1.54) is 0 Å². The van der Waals surface area contributed by atoms with Crippen LogP contribution in [0.3, 0.4) is 0 Å². The van der Waals surface area contributed by atoms with Gasteiger partial charge in [0.15, 0.2) is 5.79 Å². The standard InChI is InChI=1S/C20H28O5/c1-18-11-23-17(22)10-15(18)16(21)9-12-13(18)3-5-19(2)14(12)4-6-20(19)24-7-8-25-20/h10,12-14,16,21H,3-9,11H2,1-2H3/t12-,13+,14+,16+,18-,19+/m1/s1. The number of aliphatic hydroxyl groups excluding tert-OH is 1. The van der Waals surface area contributed by atoms with Gasteiger partial charge in [-0.3, -0.25) is 0 Å². The van der Waals surface area contributed by atoms with E-state index in [4.69, 9.17) is 14.2 Å². The summed E-state index contributed by atoms with van der Waals surface area (Å²) < 4.78 is 17.7. The summed E-state index contributed by atoms with van der Waals surface area (Å²) in [6.07, 6.45) is 5.97. The molecular formula is C20H28O5. The van der Waals surface area contributed by atoms with Crippen LogP contribution in [0.4, 0.5) is 0 Å². The molecule has 0 bridgehead atoms. The van der Waals surface area contributed by atoms with E-state index in [2.05, 4.69) is 13.8 Å². The fraction of sp³-hybridized carbons (Fsp3) is 0.850. The van der Waals surface area contributed by atoms with E-state index in [1.54, 1.807) is 6.08 Å². The molecule has 0 amide bonds. The van der Waals surface area contributed by atoms with Gasteiger partial charge in [-0.15, -0.1) is 0 Å². The maximum atomic E-state index is 11.7. The lowest BCUT2D eigenvalue weighted by atomic mass is 9.48. The zero-order valence-corrected chi connectivity index (χ0v) is 15.1. The van der Waals surface area contributed by atoms with Gasteiger partial charge < -0.3 is 19.3 Å². The second kappa shape index (κ2) is 5.08. The fourth-order valence-electron chi connectivity index (χ4n) is 7.11. The summed E-state index contributed by atoms with van der Waals surface area (Å²) >= 11 is 0. The molecular weight excluding hydrogens is 320 g/mol. The van der Waals surface area contributed by atoms with Crippen LogP contribution >= 0.6 is 0 Å². The van der Waals surface area contributed by atoms with Crippen LogP contribution in [0.2, 0.25) is 0 Å². The van der Waals surface area contributed by atoms with Gasteiger partial charge in [-0.1, -0.05) is 13.8 Å². The number of cyclic esters (lactones) is 1. The Hall–Kier alpha value is -0.910. The predicted octanol–water partition coefficient (Wildman–Crippen LogP) is 2.43. The fourth-order valence-corrected chi connectivity index (χ4v) is 7.11. The molecule has 5 rings (SSSR count). The number of ether oxygens (including phenoxy) is 3. The highest BCUT2D eigenvalue weighted by molar-refractivity contribution is 5.84. The number of carbonyl (C=O) groups excluding carboxylic acids is 1. The van der Waals surface area contributed by atoms with Gasteiger partial charge in [0.25, 0.3) is 0 Å². The van der Waals surface area contributed by atoms with Gasteiger partial charge in [0.05, 0.1) is 19.3 Å². The van der Waals surface area contributed by atoms with Crippen molar-refractivity contribution in [1.82, 2.24) is 0 Å². The molecule has 4 fully saturated rings. The van der Waals surface area contributed by atoms with Crippen molar-refractivity contribution in [3.8, 4) is 0 Å². The van der Waals surface area contributed by atoms with Crippen molar-refractivity contribution < 1.29 is 24.1 Å². The van der Waals surface area contributed by atoms with Crippen LogP contribution in [0.15, 0.2) is 11.6 Å². The van der Waals surface area contributed by atoms with E-state index in [0.29, 0.717) is 37.6 Å². The minimum atomic E-state index is -0.539. The molecule has 138 valence electrons. The quantitative estimate of drug-likeness (QED) is 0.681. The molecule has 0 unspecified atom stereocenters. The number of hydrogen-bond acceptors (Lipinski definition) is 5. The lowest BCUT2D eigenvalue weighted by Crippen LogP contribution is -2.58. The molecule has 2 heterocycles. The Labute approximate surface area is 148 Å². The first kappa shape index (κ1) is 16.3. The number of aliphatic hydroxyl groups is 1. The zero-order chi connectivity index (χ0) is 17.4. The van der Waals surface area contributed by atoms with Crippen LogP contribution in [-0.2, 0) is 19.0 Å². The molecule has 0 aromatic heterocycles. The smallest absolute Gasteiger partial charge is 0.330 e. The van der Waals surface area contributed by atoms with Crippen molar-refractivity contribution in [1.29, 1.82) is 0 Å². The maximum Gasteiger partial charge on any atom is 0.330 e. The first-order valence-corrected chi connectivity index (χ1v) is 9.74. The third-order valence-corrected chi connectivity index (χ3v) is 8.35. The molecule has 3 saturated carbocycles. The molecule has 0 aromatic carbocycles. The first-order chi connectivity index (χ1) is 11.9. The molecule has 0 radical (unpaired) electrons. The van der Waals surface area contributed by atoms with E-state index in [-0.39, 0.29) is 16.8 Å². The van der Waals surface area contributed by atoms with Crippen LogP contribution in [-0.4, -0.2) is 42.8 Å². The Morgan fingerprint density at radius 1 is 1.12 bits per heavy atom. The van der Waals surface area contributed by atoms with Gasteiger partial charge in [0.2, 0.25) is 0 Å². The van der Waals surface area contributed by atoms with E-state index in [1.807, 2.05) is 0 Å². The molecule has 5 heteroatoms. The van der Waals surface area contributed by atoms with Gasteiger partial charge in [-0.25, -0.2) is 4.79 Å². The Morgan fingerprint density at radius 2 is 1.84 bits per heavy atom. The molecule has 2 aliphatic heterocycles. The minimum absolute atomic E-state index is 0.0211. The van der Waals surface area contributed by atoms with Gasteiger partial charge in [0, 0.05) is 23.3 Å².